The number of carbonyl (C=O) groups excluding carboxylic acids is 1. The van der Waals surface area contributed by atoms with Crippen LogP contribution in [0.4, 0.5) is 0 Å². The molecule has 1 amide bonds. The summed E-state index contributed by atoms with van der Waals surface area (Å²) in [6, 6.07) is 12.1. The van der Waals surface area contributed by atoms with E-state index in [0.29, 0.717) is 34.4 Å². The second kappa shape index (κ2) is 8.34. The molecule has 0 saturated carbocycles. The van der Waals surface area contributed by atoms with Gasteiger partial charge < -0.3 is 9.47 Å². The molecule has 0 unspecified atom stereocenters. The maximum atomic E-state index is 12.6. The largest absolute Gasteiger partial charge is 0.493 e. The van der Waals surface area contributed by atoms with E-state index in [1.54, 1.807) is 63.6 Å². The molecule has 0 atom stereocenters. The normalized spacial score (nSPS) is 11.0. The minimum Gasteiger partial charge on any atom is -0.493 e. The molecule has 0 bridgehead atoms. The molecule has 0 aliphatic carbocycles. The second-order valence-electron chi connectivity index (χ2n) is 5.83. The first-order chi connectivity index (χ1) is 13.6. The zero-order valence-electron chi connectivity index (χ0n) is 15.8. The third-order valence-electron chi connectivity index (χ3n) is 4.17. The van der Waals surface area contributed by atoms with Gasteiger partial charge in [0.25, 0.3) is 11.5 Å². The lowest BCUT2D eigenvalue weighted by molar-refractivity contribution is 0.0949. The first kappa shape index (κ1) is 19.1. The van der Waals surface area contributed by atoms with Crippen molar-refractivity contribution in [2.24, 2.45) is 5.10 Å². The Balaban J connectivity index is 1.87. The predicted octanol–water partition coefficient (Wildman–Crippen LogP) is 2.20. The molecule has 28 heavy (non-hydrogen) atoms. The standard InChI is InChI=1S/C20H20N4O4/c1-4-24-20(26)15-8-6-5-7-14(15)18(23-24)19(25)22-21-12-13-9-10-16(27-2)17(11-13)28-3/h5-12H,4H2,1-3H3,(H,22,25)/b21-12+. The van der Waals surface area contributed by atoms with Gasteiger partial charge in [-0.05, 0) is 36.8 Å². The van der Waals surface area contributed by atoms with Crippen molar-refractivity contribution >= 4 is 22.9 Å². The maximum Gasteiger partial charge on any atom is 0.292 e. The summed E-state index contributed by atoms with van der Waals surface area (Å²) in [5.74, 6) is 0.650. The summed E-state index contributed by atoms with van der Waals surface area (Å²) in [4.78, 5) is 25.0. The number of amides is 1. The Morgan fingerprint density at radius 3 is 2.54 bits per heavy atom. The van der Waals surface area contributed by atoms with E-state index in [9.17, 15) is 9.59 Å². The van der Waals surface area contributed by atoms with Gasteiger partial charge in [-0.15, -0.1) is 0 Å². The molecule has 0 fully saturated rings. The number of carbonyl (C=O) groups is 1. The number of hydrogen-bond donors (Lipinski definition) is 1. The van der Waals surface area contributed by atoms with Gasteiger partial charge in [0.05, 0.1) is 25.8 Å². The van der Waals surface area contributed by atoms with Crippen molar-refractivity contribution < 1.29 is 14.3 Å². The van der Waals surface area contributed by atoms with Gasteiger partial charge in [0.2, 0.25) is 0 Å². The van der Waals surface area contributed by atoms with Crippen LogP contribution in [0.1, 0.15) is 23.0 Å². The fourth-order valence-electron chi connectivity index (χ4n) is 2.77. The van der Waals surface area contributed by atoms with Crippen LogP contribution in [0.5, 0.6) is 11.5 Å². The minimum absolute atomic E-state index is 0.140. The van der Waals surface area contributed by atoms with E-state index in [4.69, 9.17) is 9.47 Å². The third-order valence-corrected chi connectivity index (χ3v) is 4.17. The molecule has 3 aromatic rings. The Labute approximate surface area is 161 Å². The Bertz CT molecular complexity index is 1110. The SMILES string of the molecule is CCn1nc(C(=O)N/N=C/c2ccc(OC)c(OC)c2)c2ccccc2c1=O. The maximum absolute atomic E-state index is 12.6. The van der Waals surface area contributed by atoms with Crippen molar-refractivity contribution in [3.8, 4) is 11.5 Å². The second-order valence-corrected chi connectivity index (χ2v) is 5.83. The van der Waals surface area contributed by atoms with Crippen LogP contribution in [-0.2, 0) is 6.54 Å². The van der Waals surface area contributed by atoms with Gasteiger partial charge in [0.1, 0.15) is 0 Å². The third kappa shape index (κ3) is 3.71. The molecule has 8 heteroatoms. The highest BCUT2D eigenvalue weighted by molar-refractivity contribution is 6.04. The first-order valence-electron chi connectivity index (χ1n) is 8.64. The molecule has 1 aromatic heterocycles. The molecule has 0 aliphatic rings. The van der Waals surface area contributed by atoms with Gasteiger partial charge in [0.15, 0.2) is 17.2 Å². The van der Waals surface area contributed by atoms with Crippen molar-refractivity contribution in [1.82, 2.24) is 15.2 Å². The summed E-state index contributed by atoms with van der Waals surface area (Å²) in [5.41, 5.74) is 3.08. The average molecular weight is 380 g/mol. The van der Waals surface area contributed by atoms with Crippen LogP contribution < -0.4 is 20.5 Å². The lowest BCUT2D eigenvalue weighted by atomic mass is 10.1. The Morgan fingerprint density at radius 2 is 1.86 bits per heavy atom. The number of aromatic nitrogens is 2. The topological polar surface area (TPSA) is 94.8 Å². The first-order valence-corrected chi connectivity index (χ1v) is 8.64. The highest BCUT2D eigenvalue weighted by Gasteiger charge is 2.15. The van der Waals surface area contributed by atoms with Gasteiger partial charge in [-0.2, -0.15) is 10.2 Å². The van der Waals surface area contributed by atoms with Crippen LogP contribution in [0, 0.1) is 0 Å². The van der Waals surface area contributed by atoms with Crippen molar-refractivity contribution in [1.29, 1.82) is 0 Å². The number of methoxy groups -OCH3 is 2. The predicted molar refractivity (Wildman–Crippen MR) is 106 cm³/mol. The number of nitrogens with zero attached hydrogens (tertiary/aromatic N) is 3. The van der Waals surface area contributed by atoms with Crippen LogP contribution in [0.3, 0.4) is 0 Å². The van der Waals surface area contributed by atoms with E-state index in [-0.39, 0.29) is 11.3 Å². The summed E-state index contributed by atoms with van der Waals surface area (Å²) in [6.45, 7) is 2.15. The van der Waals surface area contributed by atoms with Gasteiger partial charge in [-0.1, -0.05) is 18.2 Å². The average Bonchev–Trinajstić information content (AvgIpc) is 2.74. The molecule has 2 aromatic carbocycles. The number of ether oxygens (including phenoxy) is 2. The van der Waals surface area contributed by atoms with Crippen LogP contribution in [-0.4, -0.2) is 36.1 Å². The summed E-state index contributed by atoms with van der Waals surface area (Å²) in [6.07, 6.45) is 1.48. The number of rotatable bonds is 6. The van der Waals surface area contributed by atoms with E-state index in [1.165, 1.54) is 10.9 Å². The highest BCUT2D eigenvalue weighted by atomic mass is 16.5. The van der Waals surface area contributed by atoms with Crippen molar-refractivity contribution in [2.45, 2.75) is 13.5 Å². The number of fused-ring (bicyclic) bond motifs is 1. The van der Waals surface area contributed by atoms with E-state index < -0.39 is 5.91 Å². The highest BCUT2D eigenvalue weighted by Crippen LogP contribution is 2.26. The molecule has 0 saturated heterocycles. The molecule has 8 nitrogen and oxygen atoms in total. The smallest absolute Gasteiger partial charge is 0.292 e. The van der Waals surface area contributed by atoms with Crippen LogP contribution in [0.25, 0.3) is 10.8 Å². The molecule has 144 valence electrons. The molecule has 0 aliphatic heterocycles. The van der Waals surface area contributed by atoms with Crippen molar-refractivity contribution in [2.75, 3.05) is 14.2 Å². The monoisotopic (exact) mass is 380 g/mol. The molecule has 0 spiro atoms. The van der Waals surface area contributed by atoms with Gasteiger partial charge in [0, 0.05) is 11.9 Å². The Hall–Kier alpha value is -3.68. The summed E-state index contributed by atoms with van der Waals surface area (Å²) in [5, 5.41) is 9.08. The van der Waals surface area contributed by atoms with Crippen molar-refractivity contribution in [3.63, 3.8) is 0 Å². The quantitative estimate of drug-likeness (QED) is 0.523. The van der Waals surface area contributed by atoms with E-state index in [1.807, 2.05) is 0 Å². The minimum atomic E-state index is -0.505. The number of aryl methyl sites for hydroxylation is 1. The Morgan fingerprint density at radius 1 is 1.14 bits per heavy atom. The van der Waals surface area contributed by atoms with Gasteiger partial charge >= 0.3 is 0 Å². The number of hydrogen-bond acceptors (Lipinski definition) is 6. The molecular weight excluding hydrogens is 360 g/mol. The molecule has 0 radical (unpaired) electrons. The van der Waals surface area contributed by atoms with E-state index in [2.05, 4.69) is 15.6 Å². The molecule has 3 rings (SSSR count). The summed E-state index contributed by atoms with van der Waals surface area (Å²) in [7, 11) is 3.10. The molecule has 1 heterocycles. The Kier molecular flexibility index (Phi) is 5.69. The summed E-state index contributed by atoms with van der Waals surface area (Å²) >= 11 is 0. The zero-order valence-corrected chi connectivity index (χ0v) is 15.8. The van der Waals surface area contributed by atoms with Crippen LogP contribution in [0.15, 0.2) is 52.4 Å². The fourth-order valence-corrected chi connectivity index (χ4v) is 2.77. The zero-order chi connectivity index (χ0) is 20.1. The van der Waals surface area contributed by atoms with Crippen LogP contribution >= 0.6 is 0 Å². The lowest BCUT2D eigenvalue weighted by Gasteiger charge is -2.08. The number of nitrogens with one attached hydrogen (secondary N) is 1. The molecule has 1 N–H and O–H groups in total. The van der Waals surface area contributed by atoms with Crippen molar-refractivity contribution in [3.05, 3.63) is 64.1 Å². The van der Waals surface area contributed by atoms with Gasteiger partial charge in [-0.25, -0.2) is 10.1 Å². The van der Waals surface area contributed by atoms with E-state index in [0.717, 1.165) is 0 Å². The molecular formula is C20H20N4O4. The van der Waals surface area contributed by atoms with Crippen LogP contribution in [0.2, 0.25) is 0 Å². The number of hydrazone groups is 1. The number of benzene rings is 2. The lowest BCUT2D eigenvalue weighted by Crippen LogP contribution is -2.28. The fraction of sp³-hybridized carbons (Fsp3) is 0.200. The van der Waals surface area contributed by atoms with Gasteiger partial charge in [-0.3, -0.25) is 9.59 Å². The summed E-state index contributed by atoms with van der Waals surface area (Å²) < 4.78 is 11.7. The van der Waals surface area contributed by atoms with E-state index >= 15 is 0 Å².